The molecule has 1 N–H and O–H groups in total. The quantitative estimate of drug-likeness (QED) is 0.738. The van der Waals surface area contributed by atoms with Crippen molar-refractivity contribution in [2.75, 3.05) is 20.2 Å². The summed E-state index contributed by atoms with van der Waals surface area (Å²) in [7, 11) is 1.72. The largest absolute Gasteiger partial charge is 0.494 e. The average molecular weight is 356 g/mol. The molecule has 0 saturated carbocycles. The van der Waals surface area contributed by atoms with E-state index in [1.807, 2.05) is 29.2 Å². The minimum Gasteiger partial charge on any atom is -0.494 e. The molecule has 0 unspecified atom stereocenters. The number of rotatable bonds is 8. The molecule has 1 aromatic carbocycles. The molecule has 0 spiro atoms. The lowest BCUT2D eigenvalue weighted by molar-refractivity contribution is -0.127. The van der Waals surface area contributed by atoms with Gasteiger partial charge in [-0.2, -0.15) is 0 Å². The zero-order valence-corrected chi connectivity index (χ0v) is 15.4. The number of nitrogens with one attached hydrogen (secondary N) is 1. The lowest BCUT2D eigenvalue weighted by Gasteiger charge is -2.34. The van der Waals surface area contributed by atoms with Crippen molar-refractivity contribution in [1.29, 1.82) is 0 Å². The number of ether oxygens (including phenoxy) is 1. The lowest BCUT2D eigenvalue weighted by atomic mass is 10.0. The van der Waals surface area contributed by atoms with Crippen LogP contribution in [0.25, 0.3) is 0 Å². The molecule has 1 aliphatic rings. The SMILES string of the molecule is CNC(=O)[C@@H]1CCCCN1Cc1ccc(OCCCn2ccnc2)cc1. The Morgan fingerprint density at radius 2 is 2.15 bits per heavy atom. The number of likely N-dealkylation sites (tertiary alicyclic amines) is 1. The van der Waals surface area contributed by atoms with Crippen molar-refractivity contribution in [2.24, 2.45) is 0 Å². The van der Waals surface area contributed by atoms with Crippen LogP contribution in [-0.4, -0.2) is 46.6 Å². The van der Waals surface area contributed by atoms with E-state index in [2.05, 4.69) is 27.3 Å². The first-order chi connectivity index (χ1) is 12.8. The molecule has 2 aromatic rings. The minimum absolute atomic E-state index is 0.00662. The Balaban J connectivity index is 1.46. The monoisotopic (exact) mass is 356 g/mol. The van der Waals surface area contributed by atoms with E-state index in [0.29, 0.717) is 6.61 Å². The van der Waals surface area contributed by atoms with Gasteiger partial charge in [-0.1, -0.05) is 18.6 Å². The van der Waals surface area contributed by atoms with Gasteiger partial charge in [-0.25, -0.2) is 4.98 Å². The van der Waals surface area contributed by atoms with E-state index in [0.717, 1.165) is 51.1 Å². The van der Waals surface area contributed by atoms with Crippen molar-refractivity contribution in [3.05, 3.63) is 48.5 Å². The number of carbonyl (C=O) groups is 1. The highest BCUT2D eigenvalue weighted by Crippen LogP contribution is 2.21. The lowest BCUT2D eigenvalue weighted by Crippen LogP contribution is -2.48. The number of piperidine rings is 1. The molecule has 3 rings (SSSR count). The number of amides is 1. The van der Waals surface area contributed by atoms with Gasteiger partial charge in [0.25, 0.3) is 0 Å². The number of imidazole rings is 1. The molecule has 1 aliphatic heterocycles. The van der Waals surface area contributed by atoms with Gasteiger partial charge in [-0.3, -0.25) is 9.69 Å². The molecule has 140 valence electrons. The fraction of sp³-hybridized carbons (Fsp3) is 0.500. The van der Waals surface area contributed by atoms with E-state index in [-0.39, 0.29) is 11.9 Å². The highest BCUT2D eigenvalue weighted by Gasteiger charge is 2.27. The third kappa shape index (κ3) is 5.08. The molecule has 1 aromatic heterocycles. The number of nitrogens with zero attached hydrogens (tertiary/aromatic N) is 3. The first-order valence-electron chi connectivity index (χ1n) is 9.39. The maximum absolute atomic E-state index is 12.1. The average Bonchev–Trinajstić information content (AvgIpc) is 3.20. The van der Waals surface area contributed by atoms with Crippen molar-refractivity contribution >= 4 is 5.91 Å². The maximum atomic E-state index is 12.1. The normalized spacial score (nSPS) is 17.8. The molecule has 26 heavy (non-hydrogen) atoms. The van der Waals surface area contributed by atoms with E-state index in [4.69, 9.17) is 4.74 Å². The number of hydrogen-bond donors (Lipinski definition) is 1. The van der Waals surface area contributed by atoms with Crippen LogP contribution in [0.2, 0.25) is 0 Å². The Bertz CT molecular complexity index is 670. The van der Waals surface area contributed by atoms with Gasteiger partial charge in [-0.15, -0.1) is 0 Å². The Hall–Kier alpha value is -2.34. The topological polar surface area (TPSA) is 59.4 Å². The van der Waals surface area contributed by atoms with Gasteiger partial charge in [-0.05, 0) is 43.5 Å². The Morgan fingerprint density at radius 1 is 1.31 bits per heavy atom. The van der Waals surface area contributed by atoms with Crippen LogP contribution in [0.5, 0.6) is 5.75 Å². The molecule has 0 radical (unpaired) electrons. The minimum atomic E-state index is -0.00662. The molecule has 1 saturated heterocycles. The molecule has 6 nitrogen and oxygen atoms in total. The molecule has 2 heterocycles. The van der Waals surface area contributed by atoms with Crippen LogP contribution in [0.3, 0.4) is 0 Å². The molecular formula is C20H28N4O2. The number of carbonyl (C=O) groups excluding carboxylic acids is 1. The standard InChI is InChI=1S/C20H28N4O2/c1-21-20(25)19-5-2-3-12-24(19)15-17-6-8-18(9-7-17)26-14-4-11-23-13-10-22-16-23/h6-10,13,16,19H,2-5,11-12,14-15H2,1H3,(H,21,25)/t19-/m0/s1. The number of benzene rings is 1. The van der Waals surface area contributed by atoms with Crippen molar-refractivity contribution in [1.82, 2.24) is 19.8 Å². The van der Waals surface area contributed by atoms with E-state index < -0.39 is 0 Å². The summed E-state index contributed by atoms with van der Waals surface area (Å²) in [5, 5.41) is 2.79. The number of aromatic nitrogens is 2. The number of likely N-dealkylation sites (N-methyl/N-ethyl adjacent to an activating group) is 1. The molecule has 1 amide bonds. The Morgan fingerprint density at radius 3 is 2.88 bits per heavy atom. The smallest absolute Gasteiger partial charge is 0.237 e. The van der Waals surface area contributed by atoms with E-state index in [1.165, 1.54) is 5.56 Å². The second-order valence-electron chi connectivity index (χ2n) is 6.74. The van der Waals surface area contributed by atoms with Crippen LogP contribution >= 0.6 is 0 Å². The van der Waals surface area contributed by atoms with Gasteiger partial charge in [0, 0.05) is 32.5 Å². The van der Waals surface area contributed by atoms with Gasteiger partial charge in [0.15, 0.2) is 0 Å². The summed E-state index contributed by atoms with van der Waals surface area (Å²) in [4.78, 5) is 18.4. The van der Waals surface area contributed by atoms with Crippen LogP contribution in [0.1, 0.15) is 31.2 Å². The third-order valence-electron chi connectivity index (χ3n) is 4.86. The predicted octanol–water partition coefficient (Wildman–Crippen LogP) is 2.45. The van der Waals surface area contributed by atoms with Crippen LogP contribution in [0, 0.1) is 0 Å². The first-order valence-corrected chi connectivity index (χ1v) is 9.39. The van der Waals surface area contributed by atoms with Crippen LogP contribution in [-0.2, 0) is 17.9 Å². The van der Waals surface area contributed by atoms with E-state index >= 15 is 0 Å². The fourth-order valence-corrected chi connectivity index (χ4v) is 3.43. The molecule has 0 aliphatic carbocycles. The summed E-state index contributed by atoms with van der Waals surface area (Å²) in [6.07, 6.45) is 9.74. The van der Waals surface area contributed by atoms with E-state index in [1.54, 1.807) is 13.2 Å². The molecular weight excluding hydrogens is 328 g/mol. The van der Waals surface area contributed by atoms with Crippen LogP contribution in [0.4, 0.5) is 0 Å². The second-order valence-corrected chi connectivity index (χ2v) is 6.74. The summed E-state index contributed by atoms with van der Waals surface area (Å²) >= 11 is 0. The molecule has 0 bridgehead atoms. The van der Waals surface area contributed by atoms with Crippen molar-refractivity contribution in [2.45, 2.75) is 44.8 Å². The first kappa shape index (κ1) is 18.5. The zero-order valence-electron chi connectivity index (χ0n) is 15.4. The molecule has 1 fully saturated rings. The van der Waals surface area contributed by atoms with Crippen LogP contribution < -0.4 is 10.1 Å². The van der Waals surface area contributed by atoms with Crippen molar-refractivity contribution < 1.29 is 9.53 Å². The fourth-order valence-electron chi connectivity index (χ4n) is 3.43. The summed E-state index contributed by atoms with van der Waals surface area (Å²) in [5.74, 6) is 1.02. The summed E-state index contributed by atoms with van der Waals surface area (Å²) < 4.78 is 7.86. The predicted molar refractivity (Wildman–Crippen MR) is 101 cm³/mol. The highest BCUT2D eigenvalue weighted by atomic mass is 16.5. The summed E-state index contributed by atoms with van der Waals surface area (Å²) in [5.41, 5.74) is 1.21. The van der Waals surface area contributed by atoms with Crippen molar-refractivity contribution in [3.8, 4) is 5.75 Å². The Kier molecular flexibility index (Phi) is 6.66. The van der Waals surface area contributed by atoms with Gasteiger partial charge >= 0.3 is 0 Å². The molecule has 6 heteroatoms. The number of aryl methyl sites for hydroxylation is 1. The van der Waals surface area contributed by atoms with Gasteiger partial charge in [0.2, 0.25) is 5.91 Å². The Labute approximate surface area is 155 Å². The second kappa shape index (κ2) is 9.38. The van der Waals surface area contributed by atoms with Crippen LogP contribution in [0.15, 0.2) is 43.0 Å². The van der Waals surface area contributed by atoms with Crippen molar-refractivity contribution in [3.63, 3.8) is 0 Å². The highest BCUT2D eigenvalue weighted by molar-refractivity contribution is 5.81. The summed E-state index contributed by atoms with van der Waals surface area (Å²) in [6.45, 7) is 3.37. The van der Waals surface area contributed by atoms with Gasteiger partial charge in [0.1, 0.15) is 5.75 Å². The zero-order chi connectivity index (χ0) is 18.2. The third-order valence-corrected chi connectivity index (χ3v) is 4.86. The van der Waals surface area contributed by atoms with E-state index in [9.17, 15) is 4.79 Å². The van der Waals surface area contributed by atoms with Gasteiger partial charge in [0.05, 0.1) is 19.0 Å². The summed E-state index contributed by atoms with van der Waals surface area (Å²) in [6, 6.07) is 8.23. The van der Waals surface area contributed by atoms with Gasteiger partial charge < -0.3 is 14.6 Å². The molecule has 1 atom stereocenters. The maximum Gasteiger partial charge on any atom is 0.237 e. The number of hydrogen-bond acceptors (Lipinski definition) is 4.